The van der Waals surface area contributed by atoms with E-state index >= 15 is 0 Å². The molecule has 0 saturated heterocycles. The Bertz CT molecular complexity index is 606. The van der Waals surface area contributed by atoms with Gasteiger partial charge in [0, 0.05) is 25.0 Å². The molecule has 0 unspecified atom stereocenters. The van der Waals surface area contributed by atoms with Crippen LogP contribution in [0.3, 0.4) is 0 Å². The smallest absolute Gasteiger partial charge is 0.276 e. The van der Waals surface area contributed by atoms with Crippen LogP contribution in [-0.4, -0.2) is 32.3 Å². The van der Waals surface area contributed by atoms with Gasteiger partial charge in [-0.3, -0.25) is 9.48 Å². The summed E-state index contributed by atoms with van der Waals surface area (Å²) in [5.41, 5.74) is 1.54. The Balaban J connectivity index is 1.81. The van der Waals surface area contributed by atoms with Gasteiger partial charge >= 0.3 is 0 Å². The molecule has 18 heavy (non-hydrogen) atoms. The molecule has 0 atom stereocenters. The highest BCUT2D eigenvalue weighted by Gasteiger charge is 2.25. The standard InChI is InChI=1S/C11H11ClN4OS/c1-15-6-8(13-14-15)11(17)16-3-2-9-7(5-16)4-10(12)18-9/h4,6H,2-3,5H2,1H3. The van der Waals surface area contributed by atoms with Gasteiger partial charge < -0.3 is 4.90 Å². The lowest BCUT2D eigenvalue weighted by Gasteiger charge is -2.25. The minimum absolute atomic E-state index is 0.0731. The van der Waals surface area contributed by atoms with Gasteiger partial charge in [0.05, 0.1) is 10.5 Å². The molecule has 1 aliphatic rings. The lowest BCUT2D eigenvalue weighted by molar-refractivity contribution is 0.0730. The van der Waals surface area contributed by atoms with E-state index < -0.39 is 0 Å². The number of carbonyl (C=O) groups excluding carboxylic acids is 1. The summed E-state index contributed by atoms with van der Waals surface area (Å²) in [4.78, 5) is 15.3. The molecule has 0 aliphatic carbocycles. The zero-order valence-electron chi connectivity index (χ0n) is 9.76. The van der Waals surface area contributed by atoms with Gasteiger partial charge in [-0.25, -0.2) is 0 Å². The molecule has 3 rings (SSSR count). The number of amides is 1. The van der Waals surface area contributed by atoms with Crippen molar-refractivity contribution in [2.75, 3.05) is 6.54 Å². The van der Waals surface area contributed by atoms with E-state index in [1.165, 1.54) is 9.56 Å². The lowest BCUT2D eigenvalue weighted by atomic mass is 10.1. The van der Waals surface area contributed by atoms with Crippen molar-refractivity contribution in [1.82, 2.24) is 19.9 Å². The van der Waals surface area contributed by atoms with E-state index in [1.807, 2.05) is 6.07 Å². The van der Waals surface area contributed by atoms with E-state index in [4.69, 9.17) is 11.6 Å². The summed E-state index contributed by atoms with van der Waals surface area (Å²) in [5.74, 6) is -0.0731. The Labute approximate surface area is 113 Å². The average Bonchev–Trinajstić information content (AvgIpc) is 2.92. The van der Waals surface area contributed by atoms with E-state index in [1.54, 1.807) is 29.5 Å². The van der Waals surface area contributed by atoms with Crippen LogP contribution in [0.2, 0.25) is 4.34 Å². The normalized spacial score (nSPS) is 14.7. The summed E-state index contributed by atoms with van der Waals surface area (Å²) in [6, 6.07) is 1.94. The molecule has 7 heteroatoms. The molecule has 3 heterocycles. The van der Waals surface area contributed by atoms with E-state index in [0.29, 0.717) is 18.8 Å². The van der Waals surface area contributed by atoms with Crippen molar-refractivity contribution in [3.8, 4) is 0 Å². The number of carbonyl (C=O) groups is 1. The molecule has 0 saturated carbocycles. The van der Waals surface area contributed by atoms with Gasteiger partial charge in [-0.05, 0) is 18.1 Å². The van der Waals surface area contributed by atoms with Crippen molar-refractivity contribution >= 4 is 28.8 Å². The predicted molar refractivity (Wildman–Crippen MR) is 68.8 cm³/mol. The Morgan fingerprint density at radius 3 is 3.11 bits per heavy atom. The van der Waals surface area contributed by atoms with Gasteiger partial charge in [0.1, 0.15) is 0 Å². The molecule has 2 aromatic rings. The highest BCUT2D eigenvalue weighted by atomic mass is 35.5. The molecule has 1 amide bonds. The number of halogens is 1. The maximum absolute atomic E-state index is 12.2. The van der Waals surface area contributed by atoms with Crippen LogP contribution in [0.4, 0.5) is 0 Å². The second-order valence-corrected chi connectivity index (χ2v) is 6.02. The first-order valence-electron chi connectivity index (χ1n) is 5.56. The number of nitrogens with zero attached hydrogens (tertiary/aromatic N) is 4. The van der Waals surface area contributed by atoms with Crippen LogP contribution in [0, 0.1) is 0 Å². The number of hydrogen-bond donors (Lipinski definition) is 0. The predicted octanol–water partition coefficient (Wildman–Crippen LogP) is 1.73. The number of thiophene rings is 1. The summed E-state index contributed by atoms with van der Waals surface area (Å²) >= 11 is 7.59. The van der Waals surface area contributed by atoms with E-state index in [2.05, 4.69) is 10.3 Å². The van der Waals surface area contributed by atoms with Crippen LogP contribution in [0.15, 0.2) is 12.3 Å². The fourth-order valence-electron chi connectivity index (χ4n) is 2.08. The summed E-state index contributed by atoms with van der Waals surface area (Å²) in [5, 5.41) is 7.63. The quantitative estimate of drug-likeness (QED) is 0.800. The van der Waals surface area contributed by atoms with E-state index in [0.717, 1.165) is 16.3 Å². The summed E-state index contributed by atoms with van der Waals surface area (Å²) in [6.07, 6.45) is 2.50. The van der Waals surface area contributed by atoms with Crippen molar-refractivity contribution < 1.29 is 4.79 Å². The summed E-state index contributed by atoms with van der Waals surface area (Å²) in [6.45, 7) is 1.31. The second-order valence-electron chi connectivity index (χ2n) is 4.25. The largest absolute Gasteiger partial charge is 0.332 e. The monoisotopic (exact) mass is 282 g/mol. The second kappa shape index (κ2) is 4.37. The first-order chi connectivity index (χ1) is 8.63. The number of aromatic nitrogens is 3. The molecule has 5 nitrogen and oxygen atoms in total. The van der Waals surface area contributed by atoms with Gasteiger partial charge in [-0.1, -0.05) is 16.8 Å². The van der Waals surface area contributed by atoms with Crippen LogP contribution in [-0.2, 0) is 20.0 Å². The van der Waals surface area contributed by atoms with Crippen molar-refractivity contribution in [1.29, 1.82) is 0 Å². The number of hydrogen-bond acceptors (Lipinski definition) is 4. The third kappa shape index (κ3) is 2.02. The minimum Gasteiger partial charge on any atom is -0.332 e. The number of aryl methyl sites for hydroxylation is 1. The first-order valence-corrected chi connectivity index (χ1v) is 6.75. The van der Waals surface area contributed by atoms with Gasteiger partial charge in [0.2, 0.25) is 0 Å². The van der Waals surface area contributed by atoms with Gasteiger partial charge in [-0.15, -0.1) is 16.4 Å². The number of fused-ring (bicyclic) bond motifs is 1. The topological polar surface area (TPSA) is 51.0 Å². The van der Waals surface area contributed by atoms with Crippen LogP contribution in [0.25, 0.3) is 0 Å². The molecule has 1 aliphatic heterocycles. The van der Waals surface area contributed by atoms with Crippen molar-refractivity contribution in [3.05, 3.63) is 32.7 Å². The Kier molecular flexibility index (Phi) is 2.83. The molecule has 0 aromatic carbocycles. The molecule has 0 fully saturated rings. The molecular weight excluding hydrogens is 272 g/mol. The Morgan fingerprint density at radius 1 is 1.56 bits per heavy atom. The average molecular weight is 283 g/mol. The first kappa shape index (κ1) is 11.7. The van der Waals surface area contributed by atoms with E-state index in [-0.39, 0.29) is 5.91 Å². The van der Waals surface area contributed by atoms with E-state index in [9.17, 15) is 4.79 Å². The third-order valence-corrected chi connectivity index (χ3v) is 4.31. The molecule has 94 valence electrons. The van der Waals surface area contributed by atoms with Gasteiger partial charge in [0.25, 0.3) is 5.91 Å². The third-order valence-electron chi connectivity index (χ3n) is 2.95. The zero-order valence-corrected chi connectivity index (χ0v) is 11.3. The highest BCUT2D eigenvalue weighted by Crippen LogP contribution is 2.31. The maximum Gasteiger partial charge on any atom is 0.276 e. The van der Waals surface area contributed by atoms with Crippen LogP contribution < -0.4 is 0 Å². The summed E-state index contributed by atoms with van der Waals surface area (Å²) < 4.78 is 2.32. The fraction of sp³-hybridized carbons (Fsp3) is 0.364. The van der Waals surface area contributed by atoms with Crippen molar-refractivity contribution in [3.63, 3.8) is 0 Å². The maximum atomic E-state index is 12.2. The van der Waals surface area contributed by atoms with Gasteiger partial charge in [-0.2, -0.15) is 0 Å². The molecule has 0 bridgehead atoms. The molecule has 0 N–H and O–H groups in total. The Hall–Kier alpha value is -1.40. The Morgan fingerprint density at radius 2 is 2.39 bits per heavy atom. The van der Waals surface area contributed by atoms with Crippen LogP contribution in [0.1, 0.15) is 20.9 Å². The van der Waals surface area contributed by atoms with Crippen molar-refractivity contribution in [2.24, 2.45) is 7.05 Å². The lowest BCUT2D eigenvalue weighted by Crippen LogP contribution is -2.35. The highest BCUT2D eigenvalue weighted by molar-refractivity contribution is 7.16. The van der Waals surface area contributed by atoms with Crippen molar-refractivity contribution in [2.45, 2.75) is 13.0 Å². The molecule has 2 aromatic heterocycles. The summed E-state index contributed by atoms with van der Waals surface area (Å²) in [7, 11) is 1.75. The minimum atomic E-state index is -0.0731. The molecule has 0 spiro atoms. The van der Waals surface area contributed by atoms with Crippen LogP contribution in [0.5, 0.6) is 0 Å². The molecular formula is C11H11ClN4OS. The fourth-order valence-corrected chi connectivity index (χ4v) is 3.37. The van der Waals surface area contributed by atoms with Gasteiger partial charge in [0.15, 0.2) is 5.69 Å². The molecule has 0 radical (unpaired) electrons. The van der Waals surface area contributed by atoms with Crippen LogP contribution >= 0.6 is 22.9 Å². The zero-order chi connectivity index (χ0) is 12.7. The SMILES string of the molecule is Cn1cc(C(=O)N2CCc3sc(Cl)cc3C2)nn1. The number of rotatable bonds is 1.